The number of aromatic amines is 1. The van der Waals surface area contributed by atoms with E-state index in [9.17, 15) is 0 Å². The number of anilines is 1. The molecule has 1 aromatic carbocycles. The van der Waals surface area contributed by atoms with Crippen LogP contribution in [0.5, 0.6) is 0 Å². The third-order valence-electron chi connectivity index (χ3n) is 1.97. The Morgan fingerprint density at radius 2 is 2.21 bits per heavy atom. The monoisotopic (exact) mass is 189 g/mol. The summed E-state index contributed by atoms with van der Waals surface area (Å²) < 4.78 is 0. The minimum absolute atomic E-state index is 0.585. The lowest BCUT2D eigenvalue weighted by atomic mass is 10.2. The van der Waals surface area contributed by atoms with Crippen molar-refractivity contribution in [2.75, 3.05) is 5.32 Å². The fraction of sp³-hybridized carbons (Fsp3) is 0.222. The Hall–Kier alpha value is -1.91. The predicted molar refractivity (Wildman–Crippen MR) is 52.7 cm³/mol. The highest BCUT2D eigenvalue weighted by atomic mass is 15.5. The van der Waals surface area contributed by atoms with Gasteiger partial charge in [-0.25, -0.2) is 0 Å². The van der Waals surface area contributed by atoms with Crippen LogP contribution in [0.4, 0.5) is 5.69 Å². The van der Waals surface area contributed by atoms with Gasteiger partial charge in [0.2, 0.25) is 0 Å². The fourth-order valence-electron chi connectivity index (χ4n) is 1.20. The molecule has 2 N–H and O–H groups in total. The highest BCUT2D eigenvalue weighted by molar-refractivity contribution is 5.50. The zero-order chi connectivity index (χ0) is 9.80. The van der Waals surface area contributed by atoms with Crippen molar-refractivity contribution < 1.29 is 0 Å². The molecule has 2 rings (SSSR count). The Morgan fingerprint density at radius 3 is 2.93 bits per heavy atom. The van der Waals surface area contributed by atoms with Gasteiger partial charge in [0.05, 0.1) is 6.54 Å². The van der Waals surface area contributed by atoms with E-state index in [0.29, 0.717) is 12.4 Å². The van der Waals surface area contributed by atoms with E-state index in [2.05, 4.69) is 38.9 Å². The molecule has 0 saturated carbocycles. The number of nitrogens with one attached hydrogen (secondary N) is 2. The second-order valence-corrected chi connectivity index (χ2v) is 3.00. The van der Waals surface area contributed by atoms with E-state index in [0.717, 1.165) is 5.69 Å². The van der Waals surface area contributed by atoms with Crippen molar-refractivity contribution in [2.45, 2.75) is 13.5 Å². The first-order chi connectivity index (χ1) is 6.86. The molecule has 0 spiro atoms. The number of para-hydroxylation sites is 1. The molecule has 72 valence electrons. The van der Waals surface area contributed by atoms with Crippen molar-refractivity contribution in [3.63, 3.8) is 0 Å². The van der Waals surface area contributed by atoms with E-state index in [1.165, 1.54) is 5.56 Å². The van der Waals surface area contributed by atoms with Gasteiger partial charge in [-0.15, -0.1) is 10.2 Å². The molecule has 0 fully saturated rings. The number of H-pyrrole nitrogens is 1. The highest BCUT2D eigenvalue weighted by Gasteiger charge is 1.99. The van der Waals surface area contributed by atoms with Crippen LogP contribution in [0.25, 0.3) is 0 Å². The quantitative estimate of drug-likeness (QED) is 0.759. The molecule has 1 aromatic heterocycles. The number of hydrogen-bond acceptors (Lipinski definition) is 4. The summed E-state index contributed by atoms with van der Waals surface area (Å²) in [6.45, 7) is 2.64. The maximum atomic E-state index is 3.85. The maximum absolute atomic E-state index is 3.85. The van der Waals surface area contributed by atoms with Gasteiger partial charge in [-0.05, 0) is 18.6 Å². The van der Waals surface area contributed by atoms with Gasteiger partial charge in [-0.1, -0.05) is 23.4 Å². The predicted octanol–water partition coefficient (Wildman–Crippen LogP) is 1.12. The van der Waals surface area contributed by atoms with Crippen LogP contribution in [-0.4, -0.2) is 20.6 Å². The highest BCUT2D eigenvalue weighted by Crippen LogP contribution is 2.13. The first kappa shape index (κ1) is 8.68. The largest absolute Gasteiger partial charge is 0.377 e. The number of hydrogen-bond donors (Lipinski definition) is 2. The van der Waals surface area contributed by atoms with Crippen LogP contribution in [0.1, 0.15) is 11.4 Å². The van der Waals surface area contributed by atoms with E-state index >= 15 is 0 Å². The summed E-state index contributed by atoms with van der Waals surface area (Å²) in [7, 11) is 0. The van der Waals surface area contributed by atoms with Crippen molar-refractivity contribution in [1.82, 2.24) is 20.6 Å². The molecule has 0 aliphatic heterocycles. The van der Waals surface area contributed by atoms with Gasteiger partial charge in [0.15, 0.2) is 5.82 Å². The summed E-state index contributed by atoms with van der Waals surface area (Å²) in [4.78, 5) is 0. The summed E-state index contributed by atoms with van der Waals surface area (Å²) in [6.07, 6.45) is 0. The number of rotatable bonds is 3. The van der Waals surface area contributed by atoms with Crippen LogP contribution in [-0.2, 0) is 6.54 Å². The summed E-state index contributed by atoms with van der Waals surface area (Å²) >= 11 is 0. The molecule has 14 heavy (non-hydrogen) atoms. The zero-order valence-electron chi connectivity index (χ0n) is 7.86. The van der Waals surface area contributed by atoms with Crippen molar-refractivity contribution in [2.24, 2.45) is 0 Å². The Morgan fingerprint density at radius 1 is 1.36 bits per heavy atom. The summed E-state index contributed by atoms with van der Waals surface area (Å²) in [5.41, 5.74) is 2.30. The van der Waals surface area contributed by atoms with E-state index in [4.69, 9.17) is 0 Å². The van der Waals surface area contributed by atoms with E-state index in [1.807, 2.05) is 18.2 Å². The molecule has 0 unspecified atom stereocenters. The lowest BCUT2D eigenvalue weighted by Gasteiger charge is -2.05. The Labute approximate surface area is 81.5 Å². The molecule has 5 heteroatoms. The standard InChI is InChI=1S/C9H11N5/c1-7-4-2-3-5-8(7)10-6-9-11-13-14-12-9/h2-5,10H,6H2,1H3,(H,11,12,13,14). The molecular weight excluding hydrogens is 178 g/mol. The molecule has 0 bridgehead atoms. The molecule has 5 nitrogen and oxygen atoms in total. The van der Waals surface area contributed by atoms with E-state index in [1.54, 1.807) is 0 Å². The third-order valence-corrected chi connectivity index (χ3v) is 1.97. The molecule has 0 radical (unpaired) electrons. The Bertz CT molecular complexity index is 395. The summed E-state index contributed by atoms with van der Waals surface area (Å²) in [5.74, 6) is 0.660. The van der Waals surface area contributed by atoms with Gasteiger partial charge >= 0.3 is 0 Å². The SMILES string of the molecule is Cc1ccccc1NCc1nn[nH]n1. The average molecular weight is 189 g/mol. The minimum Gasteiger partial charge on any atom is -0.377 e. The lowest BCUT2D eigenvalue weighted by molar-refractivity contribution is 0.881. The smallest absolute Gasteiger partial charge is 0.193 e. The van der Waals surface area contributed by atoms with Crippen LogP contribution in [0.2, 0.25) is 0 Å². The van der Waals surface area contributed by atoms with Crippen LogP contribution >= 0.6 is 0 Å². The van der Waals surface area contributed by atoms with Crippen LogP contribution in [0.15, 0.2) is 24.3 Å². The number of nitrogens with zero attached hydrogens (tertiary/aromatic N) is 3. The summed E-state index contributed by atoms with van der Waals surface area (Å²) in [5, 5.41) is 16.8. The van der Waals surface area contributed by atoms with Gasteiger partial charge in [0.1, 0.15) is 0 Å². The van der Waals surface area contributed by atoms with Gasteiger partial charge in [0, 0.05) is 5.69 Å². The molecule has 0 saturated heterocycles. The van der Waals surface area contributed by atoms with Crippen molar-refractivity contribution >= 4 is 5.69 Å². The van der Waals surface area contributed by atoms with Crippen molar-refractivity contribution in [1.29, 1.82) is 0 Å². The van der Waals surface area contributed by atoms with Crippen molar-refractivity contribution in [3.8, 4) is 0 Å². The molecule has 0 atom stereocenters. The average Bonchev–Trinajstić information content (AvgIpc) is 2.69. The van der Waals surface area contributed by atoms with Gasteiger partial charge in [-0.2, -0.15) is 5.21 Å². The third kappa shape index (κ3) is 1.87. The molecular formula is C9H11N5. The van der Waals surface area contributed by atoms with E-state index < -0.39 is 0 Å². The number of aryl methyl sites for hydroxylation is 1. The number of tetrazole rings is 1. The normalized spacial score (nSPS) is 10.1. The van der Waals surface area contributed by atoms with Crippen LogP contribution < -0.4 is 5.32 Å². The van der Waals surface area contributed by atoms with Crippen LogP contribution in [0.3, 0.4) is 0 Å². The second kappa shape index (κ2) is 3.87. The Kier molecular flexibility index (Phi) is 2.40. The first-order valence-electron chi connectivity index (χ1n) is 4.38. The molecule has 1 heterocycles. The zero-order valence-corrected chi connectivity index (χ0v) is 7.86. The molecule has 2 aromatic rings. The van der Waals surface area contributed by atoms with Gasteiger partial charge in [-0.3, -0.25) is 0 Å². The van der Waals surface area contributed by atoms with Crippen molar-refractivity contribution in [3.05, 3.63) is 35.7 Å². The van der Waals surface area contributed by atoms with E-state index in [-0.39, 0.29) is 0 Å². The molecule has 0 amide bonds. The number of aromatic nitrogens is 4. The first-order valence-corrected chi connectivity index (χ1v) is 4.38. The molecule has 0 aliphatic rings. The lowest BCUT2D eigenvalue weighted by Crippen LogP contribution is -2.02. The fourth-order valence-corrected chi connectivity index (χ4v) is 1.20. The number of benzene rings is 1. The van der Waals surface area contributed by atoms with Crippen LogP contribution in [0, 0.1) is 6.92 Å². The summed E-state index contributed by atoms with van der Waals surface area (Å²) in [6, 6.07) is 8.08. The van der Waals surface area contributed by atoms with Gasteiger partial charge in [0.25, 0.3) is 0 Å². The minimum atomic E-state index is 0.585. The topological polar surface area (TPSA) is 66.5 Å². The maximum Gasteiger partial charge on any atom is 0.193 e. The second-order valence-electron chi connectivity index (χ2n) is 3.00. The van der Waals surface area contributed by atoms with Gasteiger partial charge < -0.3 is 5.32 Å². The molecule has 0 aliphatic carbocycles. The Balaban J connectivity index is 2.02.